The lowest BCUT2D eigenvalue weighted by Gasteiger charge is -2.20. The van der Waals surface area contributed by atoms with Crippen LogP contribution in [0.5, 0.6) is 0 Å². The summed E-state index contributed by atoms with van der Waals surface area (Å²) in [6, 6.07) is 0. The molecule has 0 saturated heterocycles. The van der Waals surface area contributed by atoms with Crippen molar-refractivity contribution in [3.8, 4) is 0 Å². The second-order valence-corrected chi connectivity index (χ2v) is 4.81. The second-order valence-electron chi connectivity index (χ2n) is 4.81. The van der Waals surface area contributed by atoms with Crippen LogP contribution in [0.4, 0.5) is 0 Å². The highest BCUT2D eigenvalue weighted by molar-refractivity contribution is 5.88. The number of carbonyl (C=O) groups excluding carboxylic acids is 1. The van der Waals surface area contributed by atoms with Crippen LogP contribution >= 0.6 is 0 Å². The van der Waals surface area contributed by atoms with Gasteiger partial charge in [-0.15, -0.1) is 0 Å². The highest BCUT2D eigenvalue weighted by Crippen LogP contribution is 2.39. The van der Waals surface area contributed by atoms with Gasteiger partial charge in [0, 0.05) is 13.6 Å². The molecule has 74 valence electrons. The van der Waals surface area contributed by atoms with Crippen molar-refractivity contribution >= 4 is 5.91 Å². The lowest BCUT2D eigenvalue weighted by molar-refractivity contribution is -0.132. The molecule has 0 heterocycles. The third-order valence-electron chi connectivity index (χ3n) is 3.35. The van der Waals surface area contributed by atoms with Gasteiger partial charge in [0.1, 0.15) is 0 Å². The van der Waals surface area contributed by atoms with E-state index >= 15 is 0 Å². The molecule has 3 heteroatoms. The number of carbonyl (C=O) groups is 1. The van der Waals surface area contributed by atoms with E-state index < -0.39 is 5.54 Å². The van der Waals surface area contributed by atoms with Crippen LogP contribution in [-0.2, 0) is 4.79 Å². The van der Waals surface area contributed by atoms with Crippen LogP contribution < -0.4 is 5.73 Å². The molecular formula is C10H18N2O. The Balaban J connectivity index is 1.82. The van der Waals surface area contributed by atoms with Crippen LogP contribution in [0.3, 0.4) is 0 Å². The van der Waals surface area contributed by atoms with Gasteiger partial charge in [-0.1, -0.05) is 6.92 Å². The molecule has 2 saturated carbocycles. The number of nitrogens with two attached hydrogens (primary N) is 1. The molecule has 0 aromatic heterocycles. The van der Waals surface area contributed by atoms with Crippen LogP contribution in [0, 0.1) is 11.8 Å². The first-order chi connectivity index (χ1) is 6.03. The Morgan fingerprint density at radius 1 is 1.62 bits per heavy atom. The van der Waals surface area contributed by atoms with Crippen LogP contribution in [0.1, 0.15) is 26.2 Å². The number of amides is 1. The Morgan fingerprint density at radius 2 is 2.15 bits per heavy atom. The van der Waals surface area contributed by atoms with Crippen LogP contribution in [-0.4, -0.2) is 29.9 Å². The molecule has 0 aromatic rings. The van der Waals surface area contributed by atoms with Crippen molar-refractivity contribution in [3.63, 3.8) is 0 Å². The molecule has 0 bridgehead atoms. The Labute approximate surface area is 79.3 Å². The highest BCUT2D eigenvalue weighted by Gasteiger charge is 2.48. The molecule has 2 fully saturated rings. The number of rotatable bonds is 3. The molecule has 0 radical (unpaired) electrons. The fourth-order valence-electron chi connectivity index (χ4n) is 1.82. The molecule has 2 unspecified atom stereocenters. The summed E-state index contributed by atoms with van der Waals surface area (Å²) in [5, 5.41) is 0. The second kappa shape index (κ2) is 2.71. The zero-order chi connectivity index (χ0) is 9.64. The van der Waals surface area contributed by atoms with Crippen LogP contribution in [0.25, 0.3) is 0 Å². The Hall–Kier alpha value is -0.570. The number of hydrogen-bond acceptors (Lipinski definition) is 2. The quantitative estimate of drug-likeness (QED) is 0.694. The van der Waals surface area contributed by atoms with Gasteiger partial charge in [0.25, 0.3) is 0 Å². The Bertz CT molecular complexity index is 235. The van der Waals surface area contributed by atoms with Gasteiger partial charge < -0.3 is 10.6 Å². The van der Waals surface area contributed by atoms with E-state index in [-0.39, 0.29) is 5.91 Å². The molecule has 0 spiro atoms. The summed E-state index contributed by atoms with van der Waals surface area (Å²) in [4.78, 5) is 13.5. The van der Waals surface area contributed by atoms with Gasteiger partial charge in [-0.25, -0.2) is 0 Å². The van der Waals surface area contributed by atoms with Gasteiger partial charge >= 0.3 is 0 Å². The first-order valence-electron chi connectivity index (χ1n) is 5.07. The predicted octanol–water partition coefficient (Wildman–Crippen LogP) is 0.592. The van der Waals surface area contributed by atoms with Crippen molar-refractivity contribution in [1.82, 2.24) is 4.90 Å². The van der Waals surface area contributed by atoms with Gasteiger partial charge in [-0.3, -0.25) is 4.79 Å². The molecule has 2 aliphatic carbocycles. The van der Waals surface area contributed by atoms with Crippen LogP contribution in [0.15, 0.2) is 0 Å². The first kappa shape index (κ1) is 9.00. The maximum Gasteiger partial charge on any atom is 0.242 e. The minimum atomic E-state index is -0.479. The molecular weight excluding hydrogens is 164 g/mol. The molecule has 1 amide bonds. The SMILES string of the molecule is CC1CC1CN(C)C(=O)C1(N)CC1. The van der Waals surface area contributed by atoms with Gasteiger partial charge in [0.05, 0.1) is 5.54 Å². The van der Waals surface area contributed by atoms with Crippen molar-refractivity contribution < 1.29 is 4.79 Å². The topological polar surface area (TPSA) is 46.3 Å². The van der Waals surface area contributed by atoms with E-state index in [1.807, 2.05) is 11.9 Å². The van der Waals surface area contributed by atoms with Crippen molar-refractivity contribution in [2.24, 2.45) is 17.6 Å². The molecule has 0 aromatic carbocycles. The van der Waals surface area contributed by atoms with E-state index in [4.69, 9.17) is 5.73 Å². The number of hydrogen-bond donors (Lipinski definition) is 1. The van der Waals surface area contributed by atoms with Gasteiger partial charge in [-0.05, 0) is 31.1 Å². The highest BCUT2D eigenvalue weighted by atomic mass is 16.2. The minimum absolute atomic E-state index is 0.145. The van der Waals surface area contributed by atoms with Gasteiger partial charge in [-0.2, -0.15) is 0 Å². The molecule has 2 atom stereocenters. The summed E-state index contributed by atoms with van der Waals surface area (Å²) < 4.78 is 0. The lowest BCUT2D eigenvalue weighted by atomic mass is 10.2. The minimum Gasteiger partial charge on any atom is -0.344 e. The van der Waals surface area contributed by atoms with Crippen LogP contribution in [0.2, 0.25) is 0 Å². The monoisotopic (exact) mass is 182 g/mol. The third-order valence-corrected chi connectivity index (χ3v) is 3.35. The molecule has 2 rings (SSSR count). The number of nitrogens with zero attached hydrogens (tertiary/aromatic N) is 1. The van der Waals surface area contributed by atoms with Crippen molar-refractivity contribution in [3.05, 3.63) is 0 Å². The predicted molar refractivity (Wildman–Crippen MR) is 51.1 cm³/mol. The van der Waals surface area contributed by atoms with Crippen molar-refractivity contribution in [1.29, 1.82) is 0 Å². The standard InChI is InChI=1S/C10H18N2O/c1-7-5-8(7)6-12(2)9(13)10(11)3-4-10/h7-8H,3-6,11H2,1-2H3. The molecule has 2 N–H and O–H groups in total. The summed E-state index contributed by atoms with van der Waals surface area (Å²) in [5.74, 6) is 1.69. The normalized spacial score (nSPS) is 34.1. The van der Waals surface area contributed by atoms with E-state index in [1.54, 1.807) is 0 Å². The van der Waals surface area contributed by atoms with E-state index in [0.29, 0.717) is 0 Å². The number of likely N-dealkylation sites (N-methyl/N-ethyl adjacent to an activating group) is 1. The Morgan fingerprint density at radius 3 is 2.54 bits per heavy atom. The molecule has 13 heavy (non-hydrogen) atoms. The first-order valence-corrected chi connectivity index (χ1v) is 5.07. The van der Waals surface area contributed by atoms with Crippen molar-refractivity contribution in [2.75, 3.05) is 13.6 Å². The lowest BCUT2D eigenvalue weighted by Crippen LogP contribution is -2.44. The fraction of sp³-hybridized carbons (Fsp3) is 0.900. The molecule has 0 aliphatic heterocycles. The fourth-order valence-corrected chi connectivity index (χ4v) is 1.82. The zero-order valence-electron chi connectivity index (χ0n) is 8.42. The van der Waals surface area contributed by atoms with Gasteiger partial charge in [0.2, 0.25) is 5.91 Å². The molecule has 3 nitrogen and oxygen atoms in total. The molecule has 2 aliphatic rings. The third kappa shape index (κ3) is 1.70. The van der Waals surface area contributed by atoms with E-state index in [0.717, 1.165) is 31.2 Å². The maximum atomic E-state index is 11.7. The average Bonchev–Trinajstić information content (AvgIpc) is 2.94. The van der Waals surface area contributed by atoms with E-state index in [1.165, 1.54) is 6.42 Å². The summed E-state index contributed by atoms with van der Waals surface area (Å²) in [5.41, 5.74) is 5.35. The summed E-state index contributed by atoms with van der Waals surface area (Å²) in [7, 11) is 1.88. The van der Waals surface area contributed by atoms with E-state index in [9.17, 15) is 4.79 Å². The zero-order valence-corrected chi connectivity index (χ0v) is 8.42. The van der Waals surface area contributed by atoms with E-state index in [2.05, 4.69) is 6.92 Å². The largest absolute Gasteiger partial charge is 0.344 e. The average molecular weight is 182 g/mol. The smallest absolute Gasteiger partial charge is 0.242 e. The Kier molecular flexibility index (Phi) is 1.88. The summed E-state index contributed by atoms with van der Waals surface area (Å²) >= 11 is 0. The maximum absolute atomic E-state index is 11.7. The van der Waals surface area contributed by atoms with Crippen molar-refractivity contribution in [2.45, 2.75) is 31.7 Å². The summed E-state index contributed by atoms with van der Waals surface area (Å²) in [6.45, 7) is 3.14. The summed E-state index contributed by atoms with van der Waals surface area (Å²) in [6.07, 6.45) is 3.02. The van der Waals surface area contributed by atoms with Gasteiger partial charge in [0.15, 0.2) is 0 Å².